The molecule has 0 bridgehead atoms. The normalized spacial score (nSPS) is 11.4. The molecule has 1 amide bonds. The quantitative estimate of drug-likeness (QED) is 0.681. The molecule has 2 N–H and O–H groups in total. The molecule has 27 heavy (non-hydrogen) atoms. The van der Waals surface area contributed by atoms with Gasteiger partial charge in [-0.05, 0) is 38.2 Å². The van der Waals surface area contributed by atoms with E-state index in [0.717, 1.165) is 6.42 Å². The van der Waals surface area contributed by atoms with Crippen molar-refractivity contribution in [3.8, 4) is 0 Å². The van der Waals surface area contributed by atoms with Gasteiger partial charge in [-0.1, -0.05) is 30.3 Å². The first-order valence-electron chi connectivity index (χ1n) is 8.74. The van der Waals surface area contributed by atoms with Crippen LogP contribution in [0.15, 0.2) is 42.6 Å². The molecule has 0 aliphatic rings. The Hall–Kier alpha value is -3.03. The molecule has 0 spiro atoms. The number of amides is 1. The average Bonchev–Trinajstić information content (AvgIpc) is 2.96. The van der Waals surface area contributed by atoms with Crippen molar-refractivity contribution in [3.63, 3.8) is 0 Å². The number of benzene rings is 1. The third-order valence-electron chi connectivity index (χ3n) is 3.69. The lowest BCUT2D eigenvalue weighted by Gasteiger charge is -2.20. The van der Waals surface area contributed by atoms with Crippen LogP contribution in [0.4, 0.5) is 16.4 Å². The molecule has 0 saturated carbocycles. The number of nitrogens with one attached hydrogen (secondary N) is 2. The summed E-state index contributed by atoms with van der Waals surface area (Å²) >= 11 is 0. The van der Waals surface area contributed by atoms with Gasteiger partial charge in [-0.25, -0.2) is 9.78 Å². The van der Waals surface area contributed by atoms with E-state index in [9.17, 15) is 4.79 Å². The van der Waals surface area contributed by atoms with E-state index in [1.165, 1.54) is 16.3 Å². The number of anilines is 2. The summed E-state index contributed by atoms with van der Waals surface area (Å²) in [5, 5.41) is 10.1. The molecule has 0 saturated heterocycles. The summed E-state index contributed by atoms with van der Waals surface area (Å²) in [5.74, 6) is 1.02. The molecule has 8 heteroatoms. The number of ether oxygens (including phenoxy) is 1. The van der Waals surface area contributed by atoms with Crippen molar-refractivity contribution in [2.24, 2.45) is 0 Å². The van der Waals surface area contributed by atoms with E-state index in [1.54, 1.807) is 26.8 Å². The second-order valence-corrected chi connectivity index (χ2v) is 7.15. The summed E-state index contributed by atoms with van der Waals surface area (Å²) in [7, 11) is 5.95. The van der Waals surface area contributed by atoms with Gasteiger partial charge in [-0.2, -0.15) is 9.61 Å². The van der Waals surface area contributed by atoms with Crippen LogP contribution in [0.25, 0.3) is 5.65 Å². The molecule has 0 aliphatic carbocycles. The first kappa shape index (κ1) is 18.8. The van der Waals surface area contributed by atoms with Gasteiger partial charge in [0.2, 0.25) is 0 Å². The number of fused-ring (bicyclic) bond motifs is 1. The molecule has 2 aromatic heterocycles. The van der Waals surface area contributed by atoms with E-state index < -0.39 is 11.7 Å². The SMILES string of the molecule is [B]c1cnn2c(NC(=O)OC(C)(C)C)cc(NCCc3ccccc3)nc12. The highest BCUT2D eigenvalue weighted by atomic mass is 16.6. The zero-order valence-electron chi connectivity index (χ0n) is 15.7. The van der Waals surface area contributed by atoms with Crippen LogP contribution >= 0.6 is 0 Å². The Kier molecular flexibility index (Phi) is 5.34. The molecule has 3 aromatic rings. The summed E-state index contributed by atoms with van der Waals surface area (Å²) in [6.07, 6.45) is 1.77. The highest BCUT2D eigenvalue weighted by molar-refractivity contribution is 6.36. The van der Waals surface area contributed by atoms with Gasteiger partial charge in [0.25, 0.3) is 0 Å². The molecule has 0 fully saturated rings. The van der Waals surface area contributed by atoms with Crippen molar-refractivity contribution in [1.29, 1.82) is 0 Å². The molecular formula is C19H22BN5O2. The average molecular weight is 363 g/mol. The monoisotopic (exact) mass is 363 g/mol. The second-order valence-electron chi connectivity index (χ2n) is 7.15. The van der Waals surface area contributed by atoms with Gasteiger partial charge in [0, 0.05) is 18.8 Å². The summed E-state index contributed by atoms with van der Waals surface area (Å²) in [5.41, 5.74) is 1.51. The Bertz CT molecular complexity index is 934. The minimum atomic E-state index is -0.601. The van der Waals surface area contributed by atoms with Crippen molar-refractivity contribution < 1.29 is 9.53 Å². The van der Waals surface area contributed by atoms with Crippen LogP contribution in [0.2, 0.25) is 0 Å². The first-order valence-corrected chi connectivity index (χ1v) is 8.74. The van der Waals surface area contributed by atoms with E-state index in [2.05, 4.69) is 32.8 Å². The molecule has 2 radical (unpaired) electrons. The van der Waals surface area contributed by atoms with Gasteiger partial charge in [-0.15, -0.1) is 0 Å². The van der Waals surface area contributed by atoms with Crippen molar-refractivity contribution >= 4 is 36.7 Å². The van der Waals surface area contributed by atoms with Crippen LogP contribution in [-0.4, -0.2) is 40.7 Å². The molecule has 2 heterocycles. The van der Waals surface area contributed by atoms with E-state index >= 15 is 0 Å². The molecule has 7 nitrogen and oxygen atoms in total. The Labute approximate surface area is 159 Å². The number of carbonyl (C=O) groups excluding carboxylic acids is 1. The standard InChI is InChI=1S/C19H22BN5O2/c1-19(2,3)27-18(26)24-16-11-15(23-17-14(20)12-22-25(16)17)21-10-9-13-7-5-4-6-8-13/h4-8,11-12H,9-10H2,1-3H3,(H,21,23)(H,24,26). The van der Waals surface area contributed by atoms with Crippen molar-refractivity contribution in [2.45, 2.75) is 32.8 Å². The highest BCUT2D eigenvalue weighted by Gasteiger charge is 2.18. The number of aromatic nitrogens is 3. The largest absolute Gasteiger partial charge is 0.444 e. The third kappa shape index (κ3) is 5.00. The maximum Gasteiger partial charge on any atom is 0.413 e. The van der Waals surface area contributed by atoms with Crippen molar-refractivity contribution in [2.75, 3.05) is 17.2 Å². The van der Waals surface area contributed by atoms with Crippen LogP contribution in [0.1, 0.15) is 26.3 Å². The second kappa shape index (κ2) is 7.69. The summed E-state index contributed by atoms with van der Waals surface area (Å²) in [4.78, 5) is 16.6. The zero-order chi connectivity index (χ0) is 19.4. The van der Waals surface area contributed by atoms with Crippen molar-refractivity contribution in [1.82, 2.24) is 14.6 Å². The third-order valence-corrected chi connectivity index (χ3v) is 3.69. The van der Waals surface area contributed by atoms with E-state index in [1.807, 2.05) is 18.2 Å². The van der Waals surface area contributed by atoms with Crippen LogP contribution in [0.3, 0.4) is 0 Å². The van der Waals surface area contributed by atoms with E-state index in [4.69, 9.17) is 12.6 Å². The van der Waals surface area contributed by atoms with Crippen LogP contribution in [0.5, 0.6) is 0 Å². The van der Waals surface area contributed by atoms with Crippen LogP contribution < -0.4 is 16.1 Å². The molecule has 0 unspecified atom stereocenters. The molecule has 1 aromatic carbocycles. The van der Waals surface area contributed by atoms with E-state index in [0.29, 0.717) is 29.3 Å². The molecule has 3 rings (SSSR count). The zero-order valence-corrected chi connectivity index (χ0v) is 15.7. The van der Waals surface area contributed by atoms with Crippen LogP contribution in [-0.2, 0) is 11.2 Å². The van der Waals surface area contributed by atoms with E-state index in [-0.39, 0.29) is 0 Å². The van der Waals surface area contributed by atoms with Gasteiger partial charge in [0.15, 0.2) is 5.65 Å². The Morgan fingerprint density at radius 2 is 2.00 bits per heavy atom. The lowest BCUT2D eigenvalue weighted by molar-refractivity contribution is 0.0635. The summed E-state index contributed by atoms with van der Waals surface area (Å²) in [6.45, 7) is 6.10. The van der Waals surface area contributed by atoms with Gasteiger partial charge in [0.1, 0.15) is 25.1 Å². The Balaban J connectivity index is 1.77. The highest BCUT2D eigenvalue weighted by Crippen LogP contribution is 2.17. The lowest BCUT2D eigenvalue weighted by atomic mass is 10.0. The maximum atomic E-state index is 12.1. The molecule has 0 aliphatic heterocycles. The summed E-state index contributed by atoms with van der Waals surface area (Å²) in [6, 6.07) is 11.9. The smallest absolute Gasteiger partial charge is 0.413 e. The number of nitrogens with zero attached hydrogens (tertiary/aromatic N) is 3. The minimum Gasteiger partial charge on any atom is -0.444 e. The minimum absolute atomic E-state index is 0.424. The number of hydrogen-bond acceptors (Lipinski definition) is 5. The number of rotatable bonds is 5. The van der Waals surface area contributed by atoms with Gasteiger partial charge in [0.05, 0.1) is 0 Å². The predicted molar refractivity (Wildman–Crippen MR) is 107 cm³/mol. The molecule has 0 atom stereocenters. The fraction of sp³-hybridized carbons (Fsp3) is 0.316. The van der Waals surface area contributed by atoms with Crippen molar-refractivity contribution in [3.05, 3.63) is 48.2 Å². The number of carbonyl (C=O) groups is 1. The first-order chi connectivity index (χ1) is 12.8. The number of hydrogen-bond donors (Lipinski definition) is 2. The topological polar surface area (TPSA) is 80.5 Å². The van der Waals surface area contributed by atoms with Gasteiger partial charge in [-0.3, -0.25) is 5.32 Å². The summed E-state index contributed by atoms with van der Waals surface area (Å²) < 4.78 is 6.79. The molecule has 138 valence electrons. The predicted octanol–water partition coefficient (Wildman–Crippen LogP) is 2.52. The van der Waals surface area contributed by atoms with Gasteiger partial charge < -0.3 is 10.1 Å². The fourth-order valence-electron chi connectivity index (χ4n) is 2.55. The van der Waals surface area contributed by atoms with Gasteiger partial charge >= 0.3 is 6.09 Å². The fourth-order valence-corrected chi connectivity index (χ4v) is 2.55. The Morgan fingerprint density at radius 3 is 2.70 bits per heavy atom. The maximum absolute atomic E-state index is 12.1. The molecular weight excluding hydrogens is 341 g/mol. The lowest BCUT2D eigenvalue weighted by Crippen LogP contribution is -2.28. The Morgan fingerprint density at radius 1 is 1.26 bits per heavy atom. The van der Waals surface area contributed by atoms with Crippen LogP contribution in [0, 0.1) is 0 Å².